The standard InChI is InChI=1S/C18H24N2O3S/c1-4-17(16-7-5-6-8-18(16)21)20-13(2)14-9-11-15(12-10-14)24(22,23)19-3/h5-13,17,19-21H,4H2,1-3H3/t13-,17-/m1/s1. The van der Waals surface area contributed by atoms with E-state index >= 15 is 0 Å². The van der Waals surface area contributed by atoms with Crippen LogP contribution in [0, 0.1) is 0 Å². The van der Waals surface area contributed by atoms with Crippen LogP contribution in [-0.4, -0.2) is 20.6 Å². The van der Waals surface area contributed by atoms with Crippen LogP contribution in [0.15, 0.2) is 53.4 Å². The molecule has 0 bridgehead atoms. The molecule has 0 amide bonds. The van der Waals surface area contributed by atoms with Crippen molar-refractivity contribution in [1.29, 1.82) is 0 Å². The Balaban J connectivity index is 2.17. The molecule has 0 spiro atoms. The zero-order chi connectivity index (χ0) is 17.7. The van der Waals surface area contributed by atoms with Gasteiger partial charge in [0.2, 0.25) is 10.0 Å². The van der Waals surface area contributed by atoms with Crippen LogP contribution in [0.25, 0.3) is 0 Å². The Hall–Kier alpha value is -1.89. The third-order valence-electron chi connectivity index (χ3n) is 4.13. The van der Waals surface area contributed by atoms with E-state index in [1.54, 1.807) is 36.4 Å². The maximum Gasteiger partial charge on any atom is 0.240 e. The fourth-order valence-corrected chi connectivity index (χ4v) is 3.39. The van der Waals surface area contributed by atoms with Crippen LogP contribution >= 0.6 is 0 Å². The highest BCUT2D eigenvalue weighted by Crippen LogP contribution is 2.28. The van der Waals surface area contributed by atoms with Crippen molar-refractivity contribution in [2.24, 2.45) is 0 Å². The topological polar surface area (TPSA) is 78.4 Å². The van der Waals surface area contributed by atoms with E-state index in [4.69, 9.17) is 0 Å². The Labute approximate surface area is 143 Å². The van der Waals surface area contributed by atoms with E-state index in [0.717, 1.165) is 17.5 Å². The number of aromatic hydroxyl groups is 1. The molecule has 0 heterocycles. The molecule has 2 aromatic rings. The molecule has 0 aliphatic rings. The molecule has 2 atom stereocenters. The summed E-state index contributed by atoms with van der Waals surface area (Å²) in [5, 5.41) is 13.5. The van der Waals surface area contributed by atoms with Gasteiger partial charge in [-0.15, -0.1) is 0 Å². The minimum atomic E-state index is -3.42. The van der Waals surface area contributed by atoms with E-state index in [1.807, 2.05) is 19.1 Å². The van der Waals surface area contributed by atoms with E-state index in [-0.39, 0.29) is 22.7 Å². The molecule has 3 N–H and O–H groups in total. The predicted octanol–water partition coefficient (Wildman–Crippen LogP) is 3.10. The molecule has 0 unspecified atom stereocenters. The molecule has 0 aliphatic heterocycles. The molecular formula is C18H24N2O3S. The second-order valence-corrected chi connectivity index (χ2v) is 7.57. The van der Waals surface area contributed by atoms with Gasteiger partial charge in [0.25, 0.3) is 0 Å². The summed E-state index contributed by atoms with van der Waals surface area (Å²) in [5.74, 6) is 0.277. The summed E-state index contributed by atoms with van der Waals surface area (Å²) in [7, 11) is -2.03. The summed E-state index contributed by atoms with van der Waals surface area (Å²) in [6, 6.07) is 14.1. The van der Waals surface area contributed by atoms with Crippen LogP contribution in [0.3, 0.4) is 0 Å². The molecule has 5 nitrogen and oxygen atoms in total. The second kappa shape index (κ2) is 7.79. The highest BCUT2D eigenvalue weighted by Gasteiger charge is 2.17. The molecule has 0 radical (unpaired) electrons. The molecule has 130 valence electrons. The van der Waals surface area contributed by atoms with Gasteiger partial charge < -0.3 is 10.4 Å². The average Bonchev–Trinajstić information content (AvgIpc) is 2.60. The Kier molecular flexibility index (Phi) is 5.99. The van der Waals surface area contributed by atoms with Crippen LogP contribution < -0.4 is 10.0 Å². The Morgan fingerprint density at radius 3 is 2.25 bits per heavy atom. The summed E-state index contributed by atoms with van der Waals surface area (Å²) in [4.78, 5) is 0.244. The first kappa shape index (κ1) is 18.4. The van der Waals surface area contributed by atoms with Gasteiger partial charge >= 0.3 is 0 Å². The fourth-order valence-electron chi connectivity index (χ4n) is 2.66. The molecular weight excluding hydrogens is 324 g/mol. The molecule has 2 aromatic carbocycles. The zero-order valence-corrected chi connectivity index (χ0v) is 15.0. The number of sulfonamides is 1. The summed E-state index contributed by atoms with van der Waals surface area (Å²) < 4.78 is 25.9. The van der Waals surface area contributed by atoms with Crippen molar-refractivity contribution in [1.82, 2.24) is 10.0 Å². The number of phenolic OH excluding ortho intramolecular Hbond substituents is 1. The lowest BCUT2D eigenvalue weighted by Crippen LogP contribution is -2.24. The normalized spacial score (nSPS) is 14.3. The van der Waals surface area contributed by atoms with E-state index in [2.05, 4.69) is 17.0 Å². The number of rotatable bonds is 7. The molecule has 0 aromatic heterocycles. The van der Waals surface area contributed by atoms with Crippen molar-refractivity contribution in [2.45, 2.75) is 37.2 Å². The van der Waals surface area contributed by atoms with Crippen LogP contribution in [0.5, 0.6) is 5.75 Å². The van der Waals surface area contributed by atoms with E-state index < -0.39 is 10.0 Å². The molecule has 0 fully saturated rings. The van der Waals surface area contributed by atoms with Gasteiger partial charge in [0.1, 0.15) is 5.75 Å². The first-order valence-corrected chi connectivity index (χ1v) is 9.44. The molecule has 24 heavy (non-hydrogen) atoms. The van der Waals surface area contributed by atoms with Gasteiger partial charge in [-0.2, -0.15) is 0 Å². The SMILES string of the molecule is CC[C@@H](N[C@H](C)c1ccc(S(=O)(=O)NC)cc1)c1ccccc1O. The minimum Gasteiger partial charge on any atom is -0.508 e. The maximum atomic E-state index is 11.8. The van der Waals surface area contributed by atoms with Gasteiger partial charge in [0, 0.05) is 17.6 Å². The molecule has 2 rings (SSSR count). The van der Waals surface area contributed by atoms with Crippen LogP contribution in [-0.2, 0) is 10.0 Å². The van der Waals surface area contributed by atoms with Gasteiger partial charge in [-0.05, 0) is 44.2 Å². The van der Waals surface area contributed by atoms with Crippen LogP contribution in [0.4, 0.5) is 0 Å². The highest BCUT2D eigenvalue weighted by molar-refractivity contribution is 7.89. The Morgan fingerprint density at radius 1 is 1.08 bits per heavy atom. The van der Waals surface area contributed by atoms with Crippen molar-refractivity contribution < 1.29 is 13.5 Å². The monoisotopic (exact) mass is 348 g/mol. The van der Waals surface area contributed by atoms with Crippen molar-refractivity contribution in [3.8, 4) is 5.75 Å². The quantitative estimate of drug-likeness (QED) is 0.718. The number of hydrogen-bond acceptors (Lipinski definition) is 4. The lowest BCUT2D eigenvalue weighted by Gasteiger charge is -2.24. The highest BCUT2D eigenvalue weighted by atomic mass is 32.2. The van der Waals surface area contributed by atoms with E-state index in [1.165, 1.54) is 7.05 Å². The first-order chi connectivity index (χ1) is 11.4. The molecule has 0 saturated heterocycles. The number of para-hydroxylation sites is 1. The van der Waals surface area contributed by atoms with Crippen molar-refractivity contribution in [2.75, 3.05) is 7.05 Å². The van der Waals surface area contributed by atoms with Gasteiger partial charge in [-0.3, -0.25) is 0 Å². The van der Waals surface area contributed by atoms with Crippen LogP contribution in [0.2, 0.25) is 0 Å². The van der Waals surface area contributed by atoms with Gasteiger partial charge in [-0.25, -0.2) is 13.1 Å². The smallest absolute Gasteiger partial charge is 0.240 e. The number of nitrogens with one attached hydrogen (secondary N) is 2. The van der Waals surface area contributed by atoms with Gasteiger partial charge in [-0.1, -0.05) is 37.3 Å². The molecule has 6 heteroatoms. The number of hydrogen-bond donors (Lipinski definition) is 3. The minimum absolute atomic E-state index is 0.0147. The first-order valence-electron chi connectivity index (χ1n) is 7.96. The molecule has 0 saturated carbocycles. The Morgan fingerprint density at radius 2 is 1.71 bits per heavy atom. The van der Waals surface area contributed by atoms with Crippen molar-refractivity contribution >= 4 is 10.0 Å². The summed E-state index contributed by atoms with van der Waals surface area (Å²) in [5.41, 5.74) is 1.85. The number of phenols is 1. The third-order valence-corrected chi connectivity index (χ3v) is 5.56. The summed E-state index contributed by atoms with van der Waals surface area (Å²) >= 11 is 0. The van der Waals surface area contributed by atoms with Crippen LogP contribution in [0.1, 0.15) is 43.5 Å². The summed E-state index contributed by atoms with van der Waals surface area (Å²) in [6.45, 7) is 4.07. The lowest BCUT2D eigenvalue weighted by molar-refractivity contribution is 0.419. The largest absolute Gasteiger partial charge is 0.508 e. The fraction of sp³-hybridized carbons (Fsp3) is 0.333. The average molecular weight is 348 g/mol. The van der Waals surface area contributed by atoms with Gasteiger partial charge in [0.15, 0.2) is 0 Å². The van der Waals surface area contributed by atoms with E-state index in [9.17, 15) is 13.5 Å². The predicted molar refractivity (Wildman–Crippen MR) is 95.4 cm³/mol. The third kappa shape index (κ3) is 4.14. The second-order valence-electron chi connectivity index (χ2n) is 5.68. The van der Waals surface area contributed by atoms with E-state index in [0.29, 0.717) is 0 Å². The Bertz CT molecular complexity index is 773. The molecule has 0 aliphatic carbocycles. The maximum absolute atomic E-state index is 11.8. The van der Waals surface area contributed by atoms with Crippen molar-refractivity contribution in [3.63, 3.8) is 0 Å². The zero-order valence-electron chi connectivity index (χ0n) is 14.2. The number of benzene rings is 2. The van der Waals surface area contributed by atoms with Crippen molar-refractivity contribution in [3.05, 3.63) is 59.7 Å². The summed E-state index contributed by atoms with van der Waals surface area (Å²) in [6.07, 6.45) is 0.828. The van der Waals surface area contributed by atoms with Gasteiger partial charge in [0.05, 0.1) is 4.90 Å². The lowest BCUT2D eigenvalue weighted by atomic mass is 10.0.